The Bertz CT molecular complexity index is 1510. The molecule has 2 aliphatic heterocycles. The molecule has 8 nitrogen and oxygen atoms in total. The number of pyridine rings is 2. The number of aromatic nitrogens is 2. The van der Waals surface area contributed by atoms with Gasteiger partial charge in [-0.3, -0.25) is 0 Å². The van der Waals surface area contributed by atoms with Crippen LogP contribution in [0.2, 0.25) is 5.02 Å². The van der Waals surface area contributed by atoms with Gasteiger partial charge in [0.2, 0.25) is 0 Å². The average molecular weight is 552 g/mol. The van der Waals surface area contributed by atoms with Gasteiger partial charge in [-0.2, -0.15) is 13.2 Å². The molecule has 3 aromatic rings. The fraction of sp³-hybridized carbons (Fsp3) is 0.208. The number of hydrogen-bond acceptors (Lipinski definition) is 8. The molecule has 0 unspecified atom stereocenters. The van der Waals surface area contributed by atoms with Crippen LogP contribution in [0, 0.1) is 6.92 Å². The molecule has 0 saturated heterocycles. The lowest BCUT2D eigenvalue weighted by Crippen LogP contribution is -2.31. The topological polar surface area (TPSA) is 115 Å². The van der Waals surface area contributed by atoms with Crippen LogP contribution in [0.4, 0.5) is 39.3 Å². The summed E-state index contributed by atoms with van der Waals surface area (Å²) in [6.45, 7) is 1.14. The molecule has 5 rings (SSSR count). The molecule has 0 aliphatic carbocycles. The summed E-state index contributed by atoms with van der Waals surface area (Å²) in [5, 5.41) is 2.90. The summed E-state index contributed by atoms with van der Waals surface area (Å²) in [6.07, 6.45) is -3.63. The van der Waals surface area contributed by atoms with E-state index in [0.717, 1.165) is 6.07 Å². The van der Waals surface area contributed by atoms with E-state index in [4.69, 9.17) is 27.8 Å². The summed E-state index contributed by atoms with van der Waals surface area (Å²) in [7, 11) is 0. The number of halogens is 6. The first kappa shape index (κ1) is 25.5. The highest BCUT2D eigenvalue weighted by Gasteiger charge is 2.39. The zero-order chi connectivity index (χ0) is 27.4. The number of ether oxygens (including phenoxy) is 1. The van der Waals surface area contributed by atoms with Gasteiger partial charge in [0.15, 0.2) is 0 Å². The molecule has 0 fully saturated rings. The highest BCUT2D eigenvalue weighted by molar-refractivity contribution is 6.37. The summed E-state index contributed by atoms with van der Waals surface area (Å²) >= 11 is 6.67. The van der Waals surface area contributed by atoms with Crippen LogP contribution >= 0.6 is 11.6 Å². The third-order valence-electron chi connectivity index (χ3n) is 6.11. The van der Waals surface area contributed by atoms with Crippen molar-refractivity contribution in [2.24, 2.45) is 4.99 Å². The van der Waals surface area contributed by atoms with Crippen molar-refractivity contribution in [2.75, 3.05) is 23.5 Å². The number of aliphatic imine (C=N–C) groups is 1. The Labute approximate surface area is 217 Å². The van der Waals surface area contributed by atoms with Crippen molar-refractivity contribution in [3.63, 3.8) is 0 Å². The Morgan fingerprint density at radius 1 is 1.24 bits per heavy atom. The van der Waals surface area contributed by atoms with Gasteiger partial charge in [0, 0.05) is 29.1 Å². The first-order valence-electron chi connectivity index (χ1n) is 11.1. The second kappa shape index (κ2) is 9.31. The molecule has 0 amide bonds. The van der Waals surface area contributed by atoms with Crippen LogP contribution in [0.25, 0.3) is 11.3 Å². The molecule has 0 atom stereocenters. The van der Waals surface area contributed by atoms with Crippen LogP contribution < -0.4 is 21.5 Å². The van der Waals surface area contributed by atoms with Gasteiger partial charge in [-0.25, -0.2) is 23.7 Å². The SMILES string of the molecule is Cc1cc(N)nc(-c2cc3c4c(c2Cl)NCN=C4N(Cc2c(C(F)F)ccnc2N)C=CO3)c1C(F)(F)F. The van der Waals surface area contributed by atoms with Crippen LogP contribution in [0.5, 0.6) is 5.75 Å². The van der Waals surface area contributed by atoms with Gasteiger partial charge in [-0.05, 0) is 30.7 Å². The Balaban J connectivity index is 1.66. The number of nitrogens with two attached hydrogens (primary N) is 2. The lowest BCUT2D eigenvalue weighted by Gasteiger charge is -2.28. The number of nitrogens with zero attached hydrogens (tertiary/aromatic N) is 4. The van der Waals surface area contributed by atoms with Crippen molar-refractivity contribution in [1.82, 2.24) is 14.9 Å². The molecule has 2 aromatic heterocycles. The molecule has 0 bridgehead atoms. The molecular formula is C24H19ClF5N7O. The molecule has 5 N–H and O–H groups in total. The van der Waals surface area contributed by atoms with Crippen molar-refractivity contribution in [3.8, 4) is 17.0 Å². The van der Waals surface area contributed by atoms with Gasteiger partial charge in [0.05, 0.1) is 34.1 Å². The van der Waals surface area contributed by atoms with E-state index in [1.165, 1.54) is 42.6 Å². The van der Waals surface area contributed by atoms with E-state index < -0.39 is 23.9 Å². The maximum atomic E-state index is 14.0. The first-order chi connectivity index (χ1) is 18.0. The molecular weight excluding hydrogens is 533 g/mol. The first-order valence-corrected chi connectivity index (χ1v) is 11.5. The molecule has 198 valence electrons. The van der Waals surface area contributed by atoms with Crippen LogP contribution in [0.3, 0.4) is 0 Å². The smallest absolute Gasteiger partial charge is 0.418 e. The van der Waals surface area contributed by atoms with Crippen LogP contribution in [0.1, 0.15) is 34.2 Å². The predicted molar refractivity (Wildman–Crippen MR) is 133 cm³/mol. The second-order valence-corrected chi connectivity index (χ2v) is 8.86. The third-order valence-corrected chi connectivity index (χ3v) is 6.50. The minimum atomic E-state index is -4.74. The number of nitrogens with one attached hydrogen (secondary N) is 1. The zero-order valence-electron chi connectivity index (χ0n) is 19.6. The van der Waals surface area contributed by atoms with Gasteiger partial charge in [-0.15, -0.1) is 0 Å². The highest BCUT2D eigenvalue weighted by Crippen LogP contribution is 2.48. The van der Waals surface area contributed by atoms with E-state index >= 15 is 0 Å². The number of rotatable bonds is 4. The highest BCUT2D eigenvalue weighted by atomic mass is 35.5. The number of nitrogen functional groups attached to an aromatic ring is 2. The lowest BCUT2D eigenvalue weighted by atomic mass is 9.97. The largest absolute Gasteiger partial charge is 0.463 e. The van der Waals surface area contributed by atoms with Crippen LogP contribution in [-0.4, -0.2) is 27.4 Å². The van der Waals surface area contributed by atoms with E-state index in [1.54, 1.807) is 0 Å². The predicted octanol–water partition coefficient (Wildman–Crippen LogP) is 5.72. The van der Waals surface area contributed by atoms with E-state index in [9.17, 15) is 22.0 Å². The summed E-state index contributed by atoms with van der Waals surface area (Å²) < 4.78 is 75.1. The Kier molecular flexibility index (Phi) is 6.25. The van der Waals surface area contributed by atoms with E-state index in [2.05, 4.69) is 20.3 Å². The van der Waals surface area contributed by atoms with Crippen LogP contribution in [-0.2, 0) is 12.7 Å². The monoisotopic (exact) mass is 551 g/mol. The Hall–Kier alpha value is -4.13. The number of anilines is 3. The van der Waals surface area contributed by atoms with E-state index in [-0.39, 0.29) is 69.4 Å². The van der Waals surface area contributed by atoms with E-state index in [1.807, 2.05) is 0 Å². The second-order valence-electron chi connectivity index (χ2n) is 8.48. The van der Waals surface area contributed by atoms with Crippen molar-refractivity contribution in [1.29, 1.82) is 0 Å². The maximum absolute atomic E-state index is 14.0. The van der Waals surface area contributed by atoms with Crippen molar-refractivity contribution >= 4 is 34.8 Å². The number of benzene rings is 1. The lowest BCUT2D eigenvalue weighted by molar-refractivity contribution is -0.137. The van der Waals surface area contributed by atoms with Gasteiger partial charge in [0.25, 0.3) is 6.43 Å². The quantitative estimate of drug-likeness (QED) is 0.355. The van der Waals surface area contributed by atoms with E-state index in [0.29, 0.717) is 5.56 Å². The van der Waals surface area contributed by atoms with Gasteiger partial charge < -0.3 is 26.4 Å². The summed E-state index contributed by atoms with van der Waals surface area (Å²) in [6, 6.07) is 3.63. The average Bonchev–Trinajstić information content (AvgIpc) is 3.01. The summed E-state index contributed by atoms with van der Waals surface area (Å²) in [4.78, 5) is 13.9. The summed E-state index contributed by atoms with van der Waals surface area (Å²) in [5.74, 6) is 0.211. The number of aryl methyl sites for hydroxylation is 1. The number of alkyl halides is 5. The molecule has 14 heteroatoms. The molecule has 0 saturated carbocycles. The van der Waals surface area contributed by atoms with Gasteiger partial charge in [0.1, 0.15) is 36.2 Å². The molecule has 0 radical (unpaired) electrons. The summed E-state index contributed by atoms with van der Waals surface area (Å²) in [5.41, 5.74) is 10.4. The third kappa shape index (κ3) is 4.32. The fourth-order valence-corrected chi connectivity index (χ4v) is 4.80. The molecule has 4 heterocycles. The molecule has 1 aromatic carbocycles. The fourth-order valence-electron chi connectivity index (χ4n) is 4.49. The Morgan fingerprint density at radius 2 is 2.00 bits per heavy atom. The van der Waals surface area contributed by atoms with Crippen molar-refractivity contribution < 1.29 is 26.7 Å². The zero-order valence-corrected chi connectivity index (χ0v) is 20.3. The van der Waals surface area contributed by atoms with Crippen molar-refractivity contribution in [2.45, 2.75) is 26.1 Å². The minimum Gasteiger partial charge on any atom is -0.463 e. The normalized spacial score (nSPS) is 14.5. The number of hydrogen-bond donors (Lipinski definition) is 3. The minimum absolute atomic E-state index is 0.00493. The van der Waals surface area contributed by atoms with Gasteiger partial charge >= 0.3 is 6.18 Å². The Morgan fingerprint density at radius 3 is 2.71 bits per heavy atom. The molecule has 2 aliphatic rings. The van der Waals surface area contributed by atoms with Gasteiger partial charge in [-0.1, -0.05) is 11.6 Å². The van der Waals surface area contributed by atoms with Crippen molar-refractivity contribution in [3.05, 3.63) is 69.7 Å². The maximum Gasteiger partial charge on any atom is 0.418 e. The molecule has 0 spiro atoms. The molecule has 38 heavy (non-hydrogen) atoms. The van der Waals surface area contributed by atoms with Crippen LogP contribution in [0.15, 0.2) is 41.9 Å². The number of amidine groups is 1. The standard InChI is InChI=1S/C24H19ClF5N7O/c1-10-6-15(31)36-19(17(10)24(28,29)30)12-7-14-16-20(18(12)25)34-9-35-23(16)37(4-5-38-14)8-13-11(21(26)27)2-3-33-22(13)32/h2-7,21,34H,8-9H2,1H3,(H2,31,36)(H2,32,33).